The minimum atomic E-state index is -1.63. The molecule has 1 aliphatic heterocycles. The van der Waals surface area contributed by atoms with Crippen molar-refractivity contribution in [3.8, 4) is 5.75 Å². The van der Waals surface area contributed by atoms with E-state index in [9.17, 15) is 23.9 Å². The number of carbonyl (C=O) groups excluding carboxylic acids is 2. The van der Waals surface area contributed by atoms with Gasteiger partial charge in [-0.3, -0.25) is 14.7 Å². The lowest BCUT2D eigenvalue weighted by atomic mass is 10.0. The Bertz CT molecular complexity index is 1950. The molecule has 1 aromatic heterocycles. The van der Waals surface area contributed by atoms with Crippen molar-refractivity contribution in [1.29, 1.82) is 0 Å². The van der Waals surface area contributed by atoms with E-state index in [-0.39, 0.29) is 49.1 Å². The maximum absolute atomic E-state index is 15.4. The summed E-state index contributed by atoms with van der Waals surface area (Å²) in [6, 6.07) is 10.1. The number of methoxy groups -OCH3 is 1. The summed E-state index contributed by atoms with van der Waals surface area (Å²) >= 11 is 0. The predicted molar refractivity (Wildman–Crippen MR) is 204 cm³/mol. The first-order chi connectivity index (χ1) is 28.2. The number of halogens is 2. The van der Waals surface area contributed by atoms with Crippen molar-refractivity contribution in [3.05, 3.63) is 71.4 Å². The summed E-state index contributed by atoms with van der Waals surface area (Å²) in [5.74, 6) is -4.02. The number of hydrogen-bond acceptors (Lipinski definition) is 12. The van der Waals surface area contributed by atoms with Crippen LogP contribution in [0.5, 0.6) is 5.75 Å². The second-order valence-electron chi connectivity index (χ2n) is 13.1. The molecular weight excluding hydrogens is 768 g/mol. The monoisotopic (exact) mass is 817 g/mol. The molecule has 3 amide bonds. The van der Waals surface area contributed by atoms with Crippen LogP contribution in [0.15, 0.2) is 48.7 Å². The van der Waals surface area contributed by atoms with Gasteiger partial charge < -0.3 is 58.5 Å². The van der Waals surface area contributed by atoms with Crippen molar-refractivity contribution in [3.63, 3.8) is 0 Å². The van der Waals surface area contributed by atoms with E-state index in [1.807, 2.05) is 0 Å². The standard InChI is InChI=1S/C39H49F2N5O12/c1-51-8-9-52-10-11-53-12-13-54-14-15-55-16-17-56-18-19-57-20-21-58-30-4-5-31-29(22-30)23-32(40)35(41)34(31)37(48)44-39(6-7-46(26-39)38(49)50)43-36(47)27-2-3-28-25-42-45-33(28)24-27/h2-5,22-25H,6-21,26H2,1H3,(H,42,45)(H,43,47)(H,44,48)(H,49,50)/t39-/m1/s1. The molecule has 0 saturated carbocycles. The van der Waals surface area contributed by atoms with Crippen molar-refractivity contribution in [2.75, 3.05) is 113 Å². The summed E-state index contributed by atoms with van der Waals surface area (Å²) in [6.45, 7) is 5.39. The van der Waals surface area contributed by atoms with Gasteiger partial charge in [0.1, 0.15) is 18.0 Å². The molecule has 19 heteroatoms. The van der Waals surface area contributed by atoms with Gasteiger partial charge >= 0.3 is 6.09 Å². The molecule has 1 saturated heterocycles. The largest absolute Gasteiger partial charge is 0.491 e. The molecule has 5 rings (SSSR count). The average Bonchev–Trinajstić information content (AvgIpc) is 3.86. The van der Waals surface area contributed by atoms with Gasteiger partial charge in [0.2, 0.25) is 0 Å². The number of nitrogens with one attached hydrogen (secondary N) is 3. The zero-order valence-electron chi connectivity index (χ0n) is 32.2. The molecule has 0 bridgehead atoms. The molecule has 17 nitrogen and oxygen atoms in total. The number of amides is 3. The van der Waals surface area contributed by atoms with E-state index in [1.165, 1.54) is 18.2 Å². The molecule has 2 heterocycles. The van der Waals surface area contributed by atoms with E-state index < -0.39 is 40.8 Å². The summed E-state index contributed by atoms with van der Waals surface area (Å²) in [7, 11) is 1.62. The van der Waals surface area contributed by atoms with Crippen LogP contribution in [0.25, 0.3) is 21.7 Å². The molecule has 3 aromatic carbocycles. The van der Waals surface area contributed by atoms with Gasteiger partial charge in [-0.15, -0.1) is 0 Å². The van der Waals surface area contributed by atoms with Crippen LogP contribution < -0.4 is 15.4 Å². The Labute approximate surface area is 333 Å². The van der Waals surface area contributed by atoms with E-state index in [2.05, 4.69) is 20.8 Å². The molecule has 1 aliphatic rings. The van der Waals surface area contributed by atoms with Crippen LogP contribution in [-0.4, -0.2) is 156 Å². The van der Waals surface area contributed by atoms with Gasteiger partial charge in [0, 0.05) is 31.0 Å². The van der Waals surface area contributed by atoms with E-state index in [0.29, 0.717) is 90.5 Å². The van der Waals surface area contributed by atoms with Crippen molar-refractivity contribution in [2.45, 2.75) is 12.1 Å². The molecule has 58 heavy (non-hydrogen) atoms. The summed E-state index contributed by atoms with van der Waals surface area (Å²) in [5, 5.41) is 22.7. The zero-order valence-corrected chi connectivity index (χ0v) is 32.2. The summed E-state index contributed by atoms with van der Waals surface area (Å²) in [4.78, 5) is 40.0. The number of nitrogens with zero attached hydrogens (tertiary/aromatic N) is 2. The Kier molecular flexibility index (Phi) is 17.3. The molecule has 0 unspecified atom stereocenters. The van der Waals surface area contributed by atoms with Crippen LogP contribution >= 0.6 is 0 Å². The smallest absolute Gasteiger partial charge is 0.407 e. The molecule has 0 radical (unpaired) electrons. The van der Waals surface area contributed by atoms with Crippen LogP contribution in [0.2, 0.25) is 0 Å². The Hall–Kier alpha value is -5.02. The minimum absolute atomic E-state index is 0.0278. The van der Waals surface area contributed by atoms with E-state index in [4.69, 9.17) is 37.9 Å². The van der Waals surface area contributed by atoms with Gasteiger partial charge in [-0.1, -0.05) is 6.07 Å². The highest BCUT2D eigenvalue weighted by Gasteiger charge is 2.43. The minimum Gasteiger partial charge on any atom is -0.491 e. The van der Waals surface area contributed by atoms with Crippen LogP contribution in [0.1, 0.15) is 27.1 Å². The van der Waals surface area contributed by atoms with Gasteiger partial charge in [-0.2, -0.15) is 5.10 Å². The zero-order chi connectivity index (χ0) is 41.2. The van der Waals surface area contributed by atoms with Crippen molar-refractivity contribution >= 4 is 39.6 Å². The molecule has 1 atom stereocenters. The van der Waals surface area contributed by atoms with Crippen LogP contribution in [0.3, 0.4) is 0 Å². The quantitative estimate of drug-likeness (QED) is 0.0532. The molecule has 4 aromatic rings. The Morgan fingerprint density at radius 2 is 1.34 bits per heavy atom. The number of ether oxygens (including phenoxy) is 8. The fourth-order valence-electron chi connectivity index (χ4n) is 6.06. The lowest BCUT2D eigenvalue weighted by Crippen LogP contribution is -2.62. The molecular formula is C39H49F2N5O12. The number of carboxylic acid groups (broad SMARTS) is 1. The van der Waals surface area contributed by atoms with E-state index in [1.54, 1.807) is 31.5 Å². The van der Waals surface area contributed by atoms with E-state index >= 15 is 4.39 Å². The van der Waals surface area contributed by atoms with Gasteiger partial charge in [0.15, 0.2) is 11.6 Å². The Morgan fingerprint density at radius 3 is 1.93 bits per heavy atom. The SMILES string of the molecule is COCCOCCOCCOCCOCCOCCOCCOc1ccc2c(C(=O)N[C@]3(NC(=O)c4ccc5cn[nH]c5c4)CCN(C(=O)O)C3)c(F)c(F)cc2c1. The molecule has 4 N–H and O–H groups in total. The Morgan fingerprint density at radius 1 is 0.759 bits per heavy atom. The predicted octanol–water partition coefficient (Wildman–Crippen LogP) is 3.36. The average molecular weight is 818 g/mol. The molecule has 0 aliphatic carbocycles. The number of carbonyl (C=O) groups is 3. The fraction of sp³-hybridized carbons (Fsp3) is 0.487. The van der Waals surface area contributed by atoms with Crippen molar-refractivity contribution in [1.82, 2.24) is 25.7 Å². The summed E-state index contributed by atoms with van der Waals surface area (Å²) in [6.07, 6.45) is 0.289. The molecule has 316 valence electrons. The lowest BCUT2D eigenvalue weighted by molar-refractivity contribution is -0.0199. The number of H-pyrrole nitrogens is 1. The highest BCUT2D eigenvalue weighted by molar-refractivity contribution is 6.08. The number of hydrogen-bond donors (Lipinski definition) is 4. The van der Waals surface area contributed by atoms with Gasteiger partial charge in [0.05, 0.1) is 110 Å². The lowest BCUT2D eigenvalue weighted by Gasteiger charge is -2.31. The first kappa shape index (κ1) is 44.1. The Balaban J connectivity index is 1.03. The number of benzene rings is 3. The fourth-order valence-corrected chi connectivity index (χ4v) is 6.06. The van der Waals surface area contributed by atoms with E-state index in [0.717, 1.165) is 16.4 Å². The molecule has 0 spiro atoms. The number of fused-ring (bicyclic) bond motifs is 2. The number of aromatic amines is 1. The first-order valence-electron chi connectivity index (χ1n) is 18.8. The first-order valence-corrected chi connectivity index (χ1v) is 18.8. The highest BCUT2D eigenvalue weighted by atomic mass is 19.2. The maximum atomic E-state index is 15.4. The van der Waals surface area contributed by atoms with Crippen molar-refractivity contribution < 1.29 is 66.2 Å². The van der Waals surface area contributed by atoms with Crippen LogP contribution in [0.4, 0.5) is 13.6 Å². The summed E-state index contributed by atoms with van der Waals surface area (Å²) < 4.78 is 73.6. The third-order valence-electron chi connectivity index (χ3n) is 8.97. The second kappa shape index (κ2) is 22.8. The van der Waals surface area contributed by atoms with Crippen LogP contribution in [0, 0.1) is 11.6 Å². The second-order valence-corrected chi connectivity index (χ2v) is 13.1. The molecule has 1 fully saturated rings. The number of likely N-dealkylation sites (tertiary alicyclic amines) is 1. The van der Waals surface area contributed by atoms with Gasteiger partial charge in [-0.25, -0.2) is 13.6 Å². The summed E-state index contributed by atoms with van der Waals surface area (Å²) in [5.41, 5.74) is -1.44. The van der Waals surface area contributed by atoms with Crippen molar-refractivity contribution in [2.24, 2.45) is 0 Å². The number of rotatable bonds is 26. The third-order valence-corrected chi connectivity index (χ3v) is 8.97. The van der Waals surface area contributed by atoms with Gasteiger partial charge in [-0.05, 0) is 47.2 Å². The maximum Gasteiger partial charge on any atom is 0.407 e. The normalized spacial score (nSPS) is 15.3. The van der Waals surface area contributed by atoms with Gasteiger partial charge in [0.25, 0.3) is 11.8 Å². The third kappa shape index (κ3) is 13.0. The van der Waals surface area contributed by atoms with Crippen LogP contribution in [-0.2, 0) is 33.2 Å². The topological polar surface area (TPSA) is 201 Å². The highest BCUT2D eigenvalue weighted by Crippen LogP contribution is 2.29. The number of aromatic nitrogens is 2.